The first-order chi connectivity index (χ1) is 13.2. The van der Waals surface area contributed by atoms with Gasteiger partial charge in [0.2, 0.25) is 0 Å². The molecule has 0 saturated heterocycles. The number of nitrogens with zero attached hydrogens (tertiary/aromatic N) is 4. The number of fused-ring (bicyclic) bond motifs is 3. The molecule has 5 aromatic rings. The van der Waals surface area contributed by atoms with Gasteiger partial charge in [0.05, 0.1) is 0 Å². The van der Waals surface area contributed by atoms with Crippen molar-refractivity contribution in [2.75, 3.05) is 0 Å². The first kappa shape index (κ1) is 16.5. The molecule has 5 rings (SSSR count). The second kappa shape index (κ2) is 6.51. The molecule has 128 valence electrons. The van der Waals surface area contributed by atoms with Gasteiger partial charge in [0.15, 0.2) is 0 Å². The third-order valence-electron chi connectivity index (χ3n) is 4.68. The molecule has 3 aromatic carbocycles. The number of benzene rings is 3. The van der Waals surface area contributed by atoms with E-state index < -0.39 is 0 Å². The Morgan fingerprint density at radius 1 is 0.741 bits per heavy atom. The van der Waals surface area contributed by atoms with Gasteiger partial charge in [-0.05, 0) is 0 Å². The molecule has 0 bridgehead atoms. The zero-order valence-electron chi connectivity index (χ0n) is 14.7. The van der Waals surface area contributed by atoms with Gasteiger partial charge in [0.25, 0.3) is 0 Å². The van der Waals surface area contributed by atoms with Crippen LogP contribution in [0.3, 0.4) is 0 Å². The third-order valence-corrected chi connectivity index (χ3v) is 5.46. The topological polar surface area (TPSA) is 43.6 Å². The van der Waals surface area contributed by atoms with Gasteiger partial charge in [-0.3, -0.25) is 0 Å². The van der Waals surface area contributed by atoms with Crippen LogP contribution >= 0.6 is 0 Å². The van der Waals surface area contributed by atoms with E-state index in [1.54, 1.807) is 0 Å². The molecular weight excluding hydrogens is 529 g/mol. The molecule has 5 heteroatoms. The van der Waals surface area contributed by atoms with Gasteiger partial charge in [-0.1, -0.05) is 0 Å². The Balaban J connectivity index is 1.83. The van der Waals surface area contributed by atoms with Crippen molar-refractivity contribution in [3.8, 4) is 17.1 Å². The van der Waals surface area contributed by atoms with Crippen molar-refractivity contribution in [2.24, 2.45) is 0 Å². The Morgan fingerprint density at radius 3 is 2.30 bits per heavy atom. The summed E-state index contributed by atoms with van der Waals surface area (Å²) in [6, 6.07) is 25.5. The van der Waals surface area contributed by atoms with E-state index in [4.69, 9.17) is 0 Å². The van der Waals surface area contributed by atoms with Gasteiger partial charge in [0, 0.05) is 0 Å². The van der Waals surface area contributed by atoms with E-state index in [1.807, 2.05) is 13.0 Å². The van der Waals surface area contributed by atoms with E-state index >= 15 is 0 Å². The fraction of sp³-hybridized carbons (Fsp3) is 0.0455. The third kappa shape index (κ3) is 2.83. The summed E-state index contributed by atoms with van der Waals surface area (Å²) in [6.45, 7) is 1.92. The van der Waals surface area contributed by atoms with Gasteiger partial charge in [-0.2, -0.15) is 0 Å². The van der Waals surface area contributed by atoms with Crippen molar-refractivity contribution in [1.82, 2.24) is 19.5 Å². The van der Waals surface area contributed by atoms with Crippen molar-refractivity contribution in [3.63, 3.8) is 0 Å². The van der Waals surface area contributed by atoms with Gasteiger partial charge >= 0.3 is 172 Å². The summed E-state index contributed by atoms with van der Waals surface area (Å²) in [7, 11) is 0. The Morgan fingerprint density at radius 2 is 1.48 bits per heavy atom. The van der Waals surface area contributed by atoms with Crippen molar-refractivity contribution >= 4 is 50.1 Å². The molecule has 0 amide bonds. The number of hydrogen-bond acceptors (Lipinski definition) is 3. The van der Waals surface area contributed by atoms with Crippen LogP contribution in [0.4, 0.5) is 0 Å². The SMILES string of the molecule is Cc1n[c]([Bi])nc(-c2ccc3c(c2)c2ccccc2n3-c2ccccc2)n1. The number of aromatic nitrogens is 4. The van der Waals surface area contributed by atoms with Crippen LogP contribution < -0.4 is 3.53 Å². The average molecular weight is 544 g/mol. The van der Waals surface area contributed by atoms with E-state index in [0.29, 0.717) is 0 Å². The number of hydrogen-bond donors (Lipinski definition) is 0. The monoisotopic (exact) mass is 544 g/mol. The maximum atomic E-state index is 4.58. The Bertz CT molecular complexity index is 1270. The minimum atomic E-state index is 0.749. The summed E-state index contributed by atoms with van der Waals surface area (Å²) in [4.78, 5) is 13.5. The first-order valence-electron chi connectivity index (χ1n) is 8.71. The van der Waals surface area contributed by atoms with Crippen LogP contribution in [0.1, 0.15) is 5.82 Å². The summed E-state index contributed by atoms with van der Waals surface area (Å²) in [6.07, 6.45) is 0. The molecule has 0 aliphatic rings. The summed E-state index contributed by atoms with van der Waals surface area (Å²) < 4.78 is 3.16. The molecule has 0 fully saturated rings. The van der Waals surface area contributed by atoms with Crippen molar-refractivity contribution in [3.05, 3.63) is 78.6 Å². The van der Waals surface area contributed by atoms with Gasteiger partial charge in [-0.25, -0.2) is 0 Å². The molecule has 0 unspecified atom stereocenters. The molecule has 2 aromatic heterocycles. The Hall–Kier alpha value is -2.65. The van der Waals surface area contributed by atoms with Crippen LogP contribution in [-0.4, -0.2) is 44.2 Å². The van der Waals surface area contributed by atoms with Crippen LogP contribution in [0, 0.1) is 6.92 Å². The molecule has 0 N–H and O–H groups in total. The number of rotatable bonds is 2. The predicted molar refractivity (Wildman–Crippen MR) is 110 cm³/mol. The summed E-state index contributed by atoms with van der Waals surface area (Å²) in [5, 5.41) is 2.44. The molecule has 0 spiro atoms. The minimum absolute atomic E-state index is 0.749. The van der Waals surface area contributed by atoms with Crippen molar-refractivity contribution in [1.29, 1.82) is 0 Å². The number of aryl methyl sites for hydroxylation is 1. The van der Waals surface area contributed by atoms with E-state index in [9.17, 15) is 0 Å². The zero-order valence-corrected chi connectivity index (χ0v) is 18.1. The second-order valence-electron chi connectivity index (χ2n) is 6.43. The van der Waals surface area contributed by atoms with E-state index in [-0.39, 0.29) is 0 Å². The zero-order chi connectivity index (χ0) is 18.4. The molecule has 0 aliphatic carbocycles. The second-order valence-corrected chi connectivity index (χ2v) is 7.98. The van der Waals surface area contributed by atoms with Crippen LogP contribution in [0.5, 0.6) is 0 Å². The van der Waals surface area contributed by atoms with Crippen molar-refractivity contribution in [2.45, 2.75) is 6.92 Å². The van der Waals surface area contributed by atoms with Crippen LogP contribution in [0.15, 0.2) is 72.8 Å². The molecule has 2 heterocycles. The van der Waals surface area contributed by atoms with Crippen molar-refractivity contribution < 1.29 is 0 Å². The maximum absolute atomic E-state index is 4.58. The van der Waals surface area contributed by atoms with E-state index in [0.717, 1.165) is 51.2 Å². The molecule has 0 saturated carbocycles. The van der Waals surface area contributed by atoms with E-state index in [1.165, 1.54) is 21.8 Å². The van der Waals surface area contributed by atoms with E-state index in [2.05, 4.69) is 86.2 Å². The fourth-order valence-electron chi connectivity index (χ4n) is 3.56. The summed E-state index contributed by atoms with van der Waals surface area (Å²) in [5.41, 5.74) is 4.57. The first-order valence-corrected chi connectivity index (χ1v) is 10.5. The molecular formula is C22H15BiN4. The fourth-order valence-corrected chi connectivity index (χ4v) is 4.49. The normalized spacial score (nSPS) is 11.3. The number of para-hydroxylation sites is 2. The summed E-state index contributed by atoms with van der Waals surface area (Å²) >= 11 is 1.03. The molecule has 0 aliphatic heterocycles. The van der Waals surface area contributed by atoms with Crippen LogP contribution in [-0.2, 0) is 0 Å². The Kier molecular flexibility index (Phi) is 3.98. The van der Waals surface area contributed by atoms with Crippen LogP contribution in [0.25, 0.3) is 38.9 Å². The quantitative estimate of drug-likeness (QED) is 0.319. The van der Waals surface area contributed by atoms with Gasteiger partial charge in [0.1, 0.15) is 0 Å². The Labute approximate surface area is 171 Å². The standard InChI is InChI=1S/C22H15N4.Bi/c1-15-23-14-24-22(25-15)16-11-12-21-19(13-16)18-9-5-6-10-20(18)26(21)17-7-3-2-4-8-17;/h2-13H,1H3;. The average Bonchev–Trinajstić information content (AvgIpc) is 3.01. The van der Waals surface area contributed by atoms with Gasteiger partial charge < -0.3 is 0 Å². The molecule has 2 radical (unpaired) electrons. The molecule has 27 heavy (non-hydrogen) atoms. The van der Waals surface area contributed by atoms with Gasteiger partial charge in [-0.15, -0.1) is 0 Å². The predicted octanol–water partition coefficient (Wildman–Crippen LogP) is 3.74. The van der Waals surface area contributed by atoms with Crippen LogP contribution in [0.2, 0.25) is 0 Å². The molecule has 4 nitrogen and oxygen atoms in total. The summed E-state index contributed by atoms with van der Waals surface area (Å²) in [5.74, 6) is 1.52. The molecule has 0 atom stereocenters.